The number of nitrogens with zero attached hydrogens (tertiary/aromatic N) is 1. The molecule has 0 aliphatic rings. The summed E-state index contributed by atoms with van der Waals surface area (Å²) in [6, 6.07) is 10.7. The molecular formula is C15H17BrN2S. The number of rotatable bonds is 4. The average Bonchev–Trinajstić information content (AvgIpc) is 2.35. The smallest absolute Gasteiger partial charge is 0.101 e. The van der Waals surface area contributed by atoms with Gasteiger partial charge in [-0.15, -0.1) is 0 Å². The minimum atomic E-state index is 0.199. The molecule has 0 spiro atoms. The highest BCUT2D eigenvalue weighted by molar-refractivity contribution is 9.10. The van der Waals surface area contributed by atoms with Crippen LogP contribution < -0.4 is 5.73 Å². The molecule has 0 amide bonds. The molecule has 0 aliphatic carbocycles. The number of hydrogen-bond acceptors (Lipinski definition) is 3. The van der Waals surface area contributed by atoms with E-state index < -0.39 is 0 Å². The van der Waals surface area contributed by atoms with Crippen molar-refractivity contribution in [2.45, 2.75) is 36.2 Å². The minimum absolute atomic E-state index is 0.199. The number of halogens is 1. The van der Waals surface area contributed by atoms with Gasteiger partial charge in [0.25, 0.3) is 0 Å². The van der Waals surface area contributed by atoms with Crippen molar-refractivity contribution in [2.75, 3.05) is 0 Å². The summed E-state index contributed by atoms with van der Waals surface area (Å²) in [5.74, 6) is 0. The van der Waals surface area contributed by atoms with Crippen LogP contribution in [0.15, 0.2) is 50.9 Å². The Hall–Kier alpha value is -0.840. The predicted octanol–water partition coefficient (Wildman–Crippen LogP) is 4.19. The molecule has 0 saturated heterocycles. The van der Waals surface area contributed by atoms with Gasteiger partial charge in [-0.1, -0.05) is 17.8 Å². The molecule has 2 rings (SSSR count). The van der Waals surface area contributed by atoms with Crippen molar-refractivity contribution in [1.82, 2.24) is 4.98 Å². The maximum absolute atomic E-state index is 5.85. The zero-order valence-electron chi connectivity index (χ0n) is 11.1. The first-order valence-electron chi connectivity index (χ1n) is 6.19. The monoisotopic (exact) mass is 336 g/mol. The molecule has 0 radical (unpaired) electrons. The van der Waals surface area contributed by atoms with Crippen LogP contribution in [0, 0.1) is 6.92 Å². The highest BCUT2D eigenvalue weighted by Gasteiger charge is 2.05. The summed E-state index contributed by atoms with van der Waals surface area (Å²) in [5, 5.41) is 1.00. The summed E-state index contributed by atoms with van der Waals surface area (Å²) >= 11 is 5.07. The minimum Gasteiger partial charge on any atom is -0.328 e. The van der Waals surface area contributed by atoms with E-state index in [1.807, 2.05) is 25.3 Å². The fraction of sp³-hybridized carbons (Fsp3) is 0.267. The van der Waals surface area contributed by atoms with Gasteiger partial charge < -0.3 is 5.73 Å². The van der Waals surface area contributed by atoms with E-state index in [9.17, 15) is 0 Å². The molecule has 0 saturated carbocycles. The van der Waals surface area contributed by atoms with Crippen molar-refractivity contribution >= 4 is 27.7 Å². The van der Waals surface area contributed by atoms with Crippen LogP contribution >= 0.6 is 27.7 Å². The number of pyridine rings is 1. The summed E-state index contributed by atoms with van der Waals surface area (Å²) in [5.41, 5.74) is 8.46. The van der Waals surface area contributed by atoms with E-state index in [-0.39, 0.29) is 6.04 Å². The van der Waals surface area contributed by atoms with E-state index in [4.69, 9.17) is 5.73 Å². The van der Waals surface area contributed by atoms with Crippen LogP contribution in [0.2, 0.25) is 0 Å². The van der Waals surface area contributed by atoms with Gasteiger partial charge in [0.1, 0.15) is 5.03 Å². The standard InChI is InChI=1S/C15H17BrN2S/c1-10-7-14(5-3-12(10)8-11(2)17)19-15-6-4-13(16)9-18-15/h3-7,9,11H,8,17H2,1-2H3. The first-order valence-corrected chi connectivity index (χ1v) is 7.80. The van der Waals surface area contributed by atoms with Crippen LogP contribution in [-0.2, 0) is 6.42 Å². The second kappa shape index (κ2) is 6.55. The third kappa shape index (κ3) is 4.34. The van der Waals surface area contributed by atoms with Crippen molar-refractivity contribution < 1.29 is 0 Å². The zero-order valence-corrected chi connectivity index (χ0v) is 13.5. The molecule has 19 heavy (non-hydrogen) atoms. The molecule has 100 valence electrons. The van der Waals surface area contributed by atoms with Crippen molar-refractivity contribution in [3.05, 3.63) is 52.1 Å². The highest BCUT2D eigenvalue weighted by atomic mass is 79.9. The van der Waals surface area contributed by atoms with Gasteiger partial charge in [0.05, 0.1) is 0 Å². The lowest BCUT2D eigenvalue weighted by atomic mass is 10.0. The Morgan fingerprint density at radius 1 is 1.32 bits per heavy atom. The maximum Gasteiger partial charge on any atom is 0.101 e. The molecule has 0 bridgehead atoms. The van der Waals surface area contributed by atoms with Crippen LogP contribution in [0.5, 0.6) is 0 Å². The van der Waals surface area contributed by atoms with E-state index in [0.29, 0.717) is 0 Å². The lowest BCUT2D eigenvalue weighted by Gasteiger charge is -2.10. The lowest BCUT2D eigenvalue weighted by molar-refractivity contribution is 0.734. The van der Waals surface area contributed by atoms with Crippen LogP contribution in [0.4, 0.5) is 0 Å². The van der Waals surface area contributed by atoms with E-state index in [0.717, 1.165) is 15.9 Å². The molecule has 2 aromatic rings. The number of hydrogen-bond donors (Lipinski definition) is 1. The molecule has 2 nitrogen and oxygen atoms in total. The molecular weight excluding hydrogens is 320 g/mol. The zero-order chi connectivity index (χ0) is 13.8. The summed E-state index contributed by atoms with van der Waals surface area (Å²) < 4.78 is 1.00. The van der Waals surface area contributed by atoms with E-state index in [2.05, 4.69) is 46.0 Å². The van der Waals surface area contributed by atoms with Crippen molar-refractivity contribution in [3.8, 4) is 0 Å². The number of nitrogens with two attached hydrogens (primary N) is 1. The van der Waals surface area contributed by atoms with E-state index >= 15 is 0 Å². The summed E-state index contributed by atoms with van der Waals surface area (Å²) in [6.07, 6.45) is 2.74. The Balaban J connectivity index is 2.13. The fourth-order valence-corrected chi connectivity index (χ4v) is 2.94. The van der Waals surface area contributed by atoms with Gasteiger partial charge in [0.15, 0.2) is 0 Å². The van der Waals surface area contributed by atoms with Crippen molar-refractivity contribution in [2.24, 2.45) is 5.73 Å². The third-order valence-electron chi connectivity index (χ3n) is 2.78. The average molecular weight is 337 g/mol. The fourth-order valence-electron chi connectivity index (χ4n) is 1.85. The number of aromatic nitrogens is 1. The maximum atomic E-state index is 5.85. The van der Waals surface area contributed by atoms with Crippen LogP contribution in [0.3, 0.4) is 0 Å². The van der Waals surface area contributed by atoms with Gasteiger partial charge in [-0.3, -0.25) is 0 Å². The van der Waals surface area contributed by atoms with Gasteiger partial charge in [-0.05, 0) is 71.6 Å². The quantitative estimate of drug-likeness (QED) is 0.909. The van der Waals surface area contributed by atoms with Crippen LogP contribution in [-0.4, -0.2) is 11.0 Å². The van der Waals surface area contributed by atoms with Gasteiger partial charge in [-0.25, -0.2) is 4.98 Å². The van der Waals surface area contributed by atoms with Gasteiger partial charge in [0.2, 0.25) is 0 Å². The summed E-state index contributed by atoms with van der Waals surface area (Å²) in [6.45, 7) is 4.17. The van der Waals surface area contributed by atoms with Crippen LogP contribution in [0.1, 0.15) is 18.1 Å². The molecule has 0 aliphatic heterocycles. The Kier molecular flexibility index (Phi) is 5.02. The summed E-state index contributed by atoms with van der Waals surface area (Å²) in [4.78, 5) is 5.58. The number of benzene rings is 1. The van der Waals surface area contributed by atoms with E-state index in [1.54, 1.807) is 11.8 Å². The predicted molar refractivity (Wildman–Crippen MR) is 84.6 cm³/mol. The first kappa shape index (κ1) is 14.6. The second-order valence-electron chi connectivity index (χ2n) is 4.69. The molecule has 1 aromatic heterocycles. The van der Waals surface area contributed by atoms with Crippen LogP contribution in [0.25, 0.3) is 0 Å². The molecule has 0 fully saturated rings. The van der Waals surface area contributed by atoms with Crippen molar-refractivity contribution in [1.29, 1.82) is 0 Å². The van der Waals surface area contributed by atoms with Crippen molar-refractivity contribution in [3.63, 3.8) is 0 Å². The highest BCUT2D eigenvalue weighted by Crippen LogP contribution is 2.28. The summed E-state index contributed by atoms with van der Waals surface area (Å²) in [7, 11) is 0. The third-order valence-corrected chi connectivity index (χ3v) is 4.19. The molecule has 4 heteroatoms. The first-order chi connectivity index (χ1) is 9.04. The number of aryl methyl sites for hydroxylation is 1. The molecule has 1 unspecified atom stereocenters. The molecule has 1 atom stereocenters. The Morgan fingerprint density at radius 3 is 2.68 bits per heavy atom. The SMILES string of the molecule is Cc1cc(Sc2ccc(Br)cn2)ccc1CC(C)N. The van der Waals surface area contributed by atoms with Gasteiger partial charge in [-0.2, -0.15) is 0 Å². The normalized spacial score (nSPS) is 12.4. The molecule has 2 N–H and O–H groups in total. The largest absolute Gasteiger partial charge is 0.328 e. The Bertz CT molecular complexity index is 553. The van der Waals surface area contributed by atoms with Gasteiger partial charge in [0, 0.05) is 21.6 Å². The topological polar surface area (TPSA) is 38.9 Å². The molecule has 1 heterocycles. The van der Waals surface area contributed by atoms with Gasteiger partial charge >= 0.3 is 0 Å². The Labute approximate surface area is 126 Å². The van der Waals surface area contributed by atoms with E-state index in [1.165, 1.54) is 16.0 Å². The Morgan fingerprint density at radius 2 is 2.11 bits per heavy atom. The molecule has 1 aromatic carbocycles. The lowest BCUT2D eigenvalue weighted by Crippen LogP contribution is -2.18. The second-order valence-corrected chi connectivity index (χ2v) is 6.70.